The fraction of sp³-hybridized carbons (Fsp3) is 0.333. The predicted octanol–water partition coefficient (Wildman–Crippen LogP) is 2.33. The maximum atomic E-state index is 11.5. The number of benzene rings is 1. The molecule has 92 valence electrons. The second-order valence-corrected chi connectivity index (χ2v) is 4.53. The summed E-state index contributed by atoms with van der Waals surface area (Å²) in [6, 6.07) is 7.09. The van der Waals surface area contributed by atoms with Crippen LogP contribution in [0.5, 0.6) is 0 Å². The first-order valence-corrected chi connectivity index (χ1v) is 5.24. The Bertz CT molecular complexity index is 405. The third-order valence-electron chi connectivity index (χ3n) is 1.78. The monoisotopic (exact) mass is 235 g/mol. The highest BCUT2D eigenvalue weighted by molar-refractivity contribution is 5.86. The highest BCUT2D eigenvalue weighted by Crippen LogP contribution is 2.12. The summed E-state index contributed by atoms with van der Waals surface area (Å²) in [6.07, 6.45) is 1.05. The third kappa shape index (κ3) is 5.01. The Kier molecular flexibility index (Phi) is 4.09. The molecule has 0 atom stereocenters. The van der Waals surface area contributed by atoms with Crippen LogP contribution in [0.1, 0.15) is 26.3 Å². The maximum absolute atomic E-state index is 11.5. The number of carbonyl (C=O) groups excluding carboxylic acids is 1. The fourth-order valence-corrected chi connectivity index (χ4v) is 1.16. The van der Waals surface area contributed by atoms with Crippen molar-refractivity contribution in [3.8, 4) is 0 Å². The second kappa shape index (κ2) is 5.34. The summed E-state index contributed by atoms with van der Waals surface area (Å²) in [5, 5.41) is 6.04. The first-order chi connectivity index (χ1) is 7.90. The van der Waals surface area contributed by atoms with Crippen molar-refractivity contribution in [1.82, 2.24) is 0 Å². The summed E-state index contributed by atoms with van der Waals surface area (Å²) < 4.78 is 5.12. The highest BCUT2D eigenvalue weighted by atomic mass is 16.6. The van der Waals surface area contributed by atoms with Gasteiger partial charge in [0.1, 0.15) is 5.60 Å². The molecule has 5 nitrogen and oxygen atoms in total. The van der Waals surface area contributed by atoms with Gasteiger partial charge in [-0.25, -0.2) is 4.79 Å². The summed E-state index contributed by atoms with van der Waals surface area (Å²) in [4.78, 5) is 11.5. The number of nitrogens with zero attached hydrogens (tertiary/aromatic N) is 1. The summed E-state index contributed by atoms with van der Waals surface area (Å²) in [5.41, 5.74) is 1.02. The summed E-state index contributed by atoms with van der Waals surface area (Å²) in [7, 11) is 0. The van der Waals surface area contributed by atoms with E-state index in [-0.39, 0.29) is 0 Å². The van der Waals surface area contributed by atoms with E-state index in [0.717, 1.165) is 5.56 Å². The van der Waals surface area contributed by atoms with E-state index in [9.17, 15) is 4.79 Å². The molecule has 5 heteroatoms. The molecule has 0 aromatic heterocycles. The van der Waals surface area contributed by atoms with Crippen LogP contribution in [0.25, 0.3) is 0 Å². The lowest BCUT2D eigenvalue weighted by Gasteiger charge is -2.19. The van der Waals surface area contributed by atoms with Crippen molar-refractivity contribution in [3.05, 3.63) is 29.8 Å². The number of nitrogens with two attached hydrogens (primary N) is 1. The number of anilines is 1. The van der Waals surface area contributed by atoms with E-state index < -0.39 is 11.7 Å². The third-order valence-corrected chi connectivity index (χ3v) is 1.78. The van der Waals surface area contributed by atoms with E-state index in [0.29, 0.717) is 5.69 Å². The van der Waals surface area contributed by atoms with E-state index in [1.165, 1.54) is 6.21 Å². The number of amides is 1. The molecule has 0 aliphatic carbocycles. The Balaban J connectivity index is 2.60. The molecule has 0 unspecified atom stereocenters. The Hall–Kier alpha value is -2.04. The molecule has 0 aliphatic rings. The van der Waals surface area contributed by atoms with Crippen molar-refractivity contribution in [2.75, 3.05) is 5.32 Å². The molecule has 1 rings (SSSR count). The van der Waals surface area contributed by atoms with Gasteiger partial charge in [0.2, 0.25) is 0 Å². The normalized spacial score (nSPS) is 11.5. The number of hydrazone groups is 1. The summed E-state index contributed by atoms with van der Waals surface area (Å²) in [6.45, 7) is 5.44. The SMILES string of the molecule is CC(C)(C)OC(=O)Nc1ccc(/C=N\N)cc1. The maximum Gasteiger partial charge on any atom is 0.412 e. The number of ether oxygens (including phenoxy) is 1. The van der Waals surface area contributed by atoms with Gasteiger partial charge in [0.15, 0.2) is 0 Å². The van der Waals surface area contributed by atoms with Crippen LogP contribution in [-0.2, 0) is 4.74 Å². The van der Waals surface area contributed by atoms with Crippen LogP contribution in [0, 0.1) is 0 Å². The minimum Gasteiger partial charge on any atom is -0.444 e. The van der Waals surface area contributed by atoms with Gasteiger partial charge in [0, 0.05) is 5.69 Å². The van der Waals surface area contributed by atoms with Gasteiger partial charge in [-0.3, -0.25) is 5.32 Å². The van der Waals surface area contributed by atoms with Crippen LogP contribution >= 0.6 is 0 Å². The minimum absolute atomic E-state index is 0.474. The number of hydrogen-bond acceptors (Lipinski definition) is 4. The number of rotatable bonds is 2. The van der Waals surface area contributed by atoms with Crippen molar-refractivity contribution >= 4 is 18.0 Å². The molecule has 0 bridgehead atoms. The average Bonchev–Trinajstić information content (AvgIpc) is 2.18. The molecular formula is C12H17N3O2. The average molecular weight is 235 g/mol. The molecule has 0 saturated heterocycles. The first kappa shape index (κ1) is 13.0. The summed E-state index contributed by atoms with van der Waals surface area (Å²) in [5.74, 6) is 5.03. The zero-order valence-electron chi connectivity index (χ0n) is 10.2. The largest absolute Gasteiger partial charge is 0.444 e. The molecule has 1 aromatic rings. The van der Waals surface area contributed by atoms with Gasteiger partial charge < -0.3 is 10.6 Å². The smallest absolute Gasteiger partial charge is 0.412 e. The molecule has 0 radical (unpaired) electrons. The van der Waals surface area contributed by atoms with Crippen LogP contribution < -0.4 is 11.2 Å². The molecule has 0 aliphatic heterocycles. The van der Waals surface area contributed by atoms with Crippen molar-refractivity contribution in [2.45, 2.75) is 26.4 Å². The van der Waals surface area contributed by atoms with Crippen molar-refractivity contribution < 1.29 is 9.53 Å². The molecule has 0 fully saturated rings. The van der Waals surface area contributed by atoms with E-state index in [2.05, 4.69) is 10.4 Å². The second-order valence-electron chi connectivity index (χ2n) is 4.53. The van der Waals surface area contributed by atoms with E-state index in [1.807, 2.05) is 20.8 Å². The Morgan fingerprint density at radius 1 is 1.35 bits per heavy atom. The van der Waals surface area contributed by atoms with Crippen molar-refractivity contribution in [3.63, 3.8) is 0 Å². The molecule has 17 heavy (non-hydrogen) atoms. The van der Waals surface area contributed by atoms with Gasteiger partial charge in [0.25, 0.3) is 0 Å². The van der Waals surface area contributed by atoms with Crippen molar-refractivity contribution in [1.29, 1.82) is 0 Å². The quantitative estimate of drug-likeness (QED) is 0.469. The van der Waals surface area contributed by atoms with E-state index >= 15 is 0 Å². The van der Waals surface area contributed by atoms with Crippen LogP contribution in [0.15, 0.2) is 29.4 Å². The Morgan fingerprint density at radius 2 is 1.94 bits per heavy atom. The number of hydrogen-bond donors (Lipinski definition) is 2. The molecule has 0 spiro atoms. The van der Waals surface area contributed by atoms with Crippen molar-refractivity contribution in [2.24, 2.45) is 10.9 Å². The predicted molar refractivity (Wildman–Crippen MR) is 68.1 cm³/mol. The van der Waals surface area contributed by atoms with Crippen LogP contribution in [0.4, 0.5) is 10.5 Å². The highest BCUT2D eigenvalue weighted by Gasteiger charge is 2.15. The van der Waals surface area contributed by atoms with Gasteiger partial charge in [-0.1, -0.05) is 12.1 Å². The van der Waals surface area contributed by atoms with Crippen LogP contribution in [0.3, 0.4) is 0 Å². The van der Waals surface area contributed by atoms with E-state index in [1.54, 1.807) is 24.3 Å². The molecule has 3 N–H and O–H groups in total. The lowest BCUT2D eigenvalue weighted by molar-refractivity contribution is 0.0636. The molecule has 1 amide bonds. The Labute approximate surface area is 101 Å². The lowest BCUT2D eigenvalue weighted by atomic mass is 10.2. The molecular weight excluding hydrogens is 218 g/mol. The van der Waals surface area contributed by atoms with Gasteiger partial charge >= 0.3 is 6.09 Å². The zero-order chi connectivity index (χ0) is 12.9. The van der Waals surface area contributed by atoms with Gasteiger partial charge in [-0.15, -0.1) is 0 Å². The molecule has 1 aromatic carbocycles. The Morgan fingerprint density at radius 3 is 2.41 bits per heavy atom. The molecule has 0 saturated carbocycles. The van der Waals surface area contributed by atoms with Gasteiger partial charge in [-0.05, 0) is 38.5 Å². The summed E-state index contributed by atoms with van der Waals surface area (Å²) >= 11 is 0. The number of carbonyl (C=O) groups is 1. The lowest BCUT2D eigenvalue weighted by Crippen LogP contribution is -2.27. The fourth-order valence-electron chi connectivity index (χ4n) is 1.16. The van der Waals surface area contributed by atoms with Crippen LogP contribution in [0.2, 0.25) is 0 Å². The molecule has 0 heterocycles. The number of nitrogens with one attached hydrogen (secondary N) is 1. The minimum atomic E-state index is -0.504. The topological polar surface area (TPSA) is 76.7 Å². The van der Waals surface area contributed by atoms with E-state index in [4.69, 9.17) is 10.6 Å². The zero-order valence-corrected chi connectivity index (χ0v) is 10.2. The van der Waals surface area contributed by atoms with Gasteiger partial charge in [0.05, 0.1) is 6.21 Å². The van der Waals surface area contributed by atoms with Crippen LogP contribution in [-0.4, -0.2) is 17.9 Å². The first-order valence-electron chi connectivity index (χ1n) is 5.24. The standard InChI is InChI=1S/C12H17N3O2/c1-12(2,3)17-11(16)15-10-6-4-9(5-7-10)8-14-13/h4-8H,13H2,1-3H3,(H,15,16)/b14-8-. The van der Waals surface area contributed by atoms with Gasteiger partial charge in [-0.2, -0.15) is 5.10 Å².